The van der Waals surface area contributed by atoms with E-state index < -0.39 is 0 Å². The predicted octanol–water partition coefficient (Wildman–Crippen LogP) is 0.977. The highest BCUT2D eigenvalue weighted by Crippen LogP contribution is 2.05. The van der Waals surface area contributed by atoms with Crippen LogP contribution < -0.4 is 5.32 Å². The van der Waals surface area contributed by atoms with E-state index in [1.54, 1.807) is 30.2 Å². The van der Waals surface area contributed by atoms with Crippen LogP contribution in [0.15, 0.2) is 36.8 Å². The lowest BCUT2D eigenvalue weighted by atomic mass is 10.2. The van der Waals surface area contributed by atoms with Gasteiger partial charge in [0.05, 0.1) is 6.61 Å². The van der Waals surface area contributed by atoms with Gasteiger partial charge in [-0.05, 0) is 24.1 Å². The second kappa shape index (κ2) is 7.39. The number of pyridine rings is 1. The molecule has 2 amide bonds. The predicted molar refractivity (Wildman–Crippen MR) is 78.9 cm³/mol. The van der Waals surface area contributed by atoms with Crippen LogP contribution in [0, 0.1) is 0 Å². The molecule has 0 saturated carbocycles. The summed E-state index contributed by atoms with van der Waals surface area (Å²) >= 11 is 0. The summed E-state index contributed by atoms with van der Waals surface area (Å²) in [6.45, 7) is 0.950. The van der Waals surface area contributed by atoms with Crippen molar-refractivity contribution >= 4 is 11.8 Å². The van der Waals surface area contributed by atoms with Gasteiger partial charge in [-0.1, -0.05) is 0 Å². The third-order valence-corrected chi connectivity index (χ3v) is 3.04. The number of urea groups is 1. The summed E-state index contributed by atoms with van der Waals surface area (Å²) in [5.74, 6) is 0.500. The molecule has 0 fully saturated rings. The van der Waals surface area contributed by atoms with Crippen molar-refractivity contribution in [2.45, 2.75) is 13.0 Å². The van der Waals surface area contributed by atoms with Crippen LogP contribution in [0.4, 0.5) is 10.6 Å². The van der Waals surface area contributed by atoms with Crippen molar-refractivity contribution in [2.24, 2.45) is 0 Å². The molecule has 0 spiro atoms. The largest absolute Gasteiger partial charge is 0.395 e. The summed E-state index contributed by atoms with van der Waals surface area (Å²) in [5.41, 5.74) is 1.19. The minimum absolute atomic E-state index is 0.0652. The summed E-state index contributed by atoms with van der Waals surface area (Å²) < 4.78 is 1.78. The number of carbonyl (C=O) groups excluding carboxylic acids is 1. The molecule has 112 valence electrons. The van der Waals surface area contributed by atoms with Gasteiger partial charge in [0, 0.05) is 44.8 Å². The van der Waals surface area contributed by atoms with E-state index in [2.05, 4.69) is 15.4 Å². The quantitative estimate of drug-likeness (QED) is 0.830. The first kappa shape index (κ1) is 15.0. The number of carbonyl (C=O) groups is 1. The van der Waals surface area contributed by atoms with Gasteiger partial charge in [0.25, 0.3) is 0 Å². The molecule has 0 aliphatic rings. The summed E-state index contributed by atoms with van der Waals surface area (Å²) in [7, 11) is 1.62. The Morgan fingerprint density at radius 2 is 2.14 bits per heavy atom. The summed E-state index contributed by atoms with van der Waals surface area (Å²) in [5, 5.41) is 15.8. The van der Waals surface area contributed by atoms with Gasteiger partial charge in [-0.15, -0.1) is 0 Å². The number of rotatable bonds is 6. The third kappa shape index (κ3) is 4.57. The van der Waals surface area contributed by atoms with Crippen LogP contribution in [0.1, 0.15) is 5.56 Å². The van der Waals surface area contributed by atoms with E-state index in [1.165, 1.54) is 10.5 Å². The van der Waals surface area contributed by atoms with E-state index in [-0.39, 0.29) is 19.2 Å². The molecule has 7 heteroatoms. The molecule has 2 aromatic heterocycles. The molecule has 21 heavy (non-hydrogen) atoms. The molecule has 2 aromatic rings. The summed E-state index contributed by atoms with van der Waals surface area (Å²) in [6.07, 6.45) is 6.20. The molecule has 2 heterocycles. The number of aryl methyl sites for hydroxylation is 2. The van der Waals surface area contributed by atoms with Gasteiger partial charge in [0.2, 0.25) is 0 Å². The average molecular weight is 289 g/mol. The molecule has 7 nitrogen and oxygen atoms in total. The first-order valence-electron chi connectivity index (χ1n) is 6.74. The standard InChI is InChI=1S/C14H19N5O2/c1-18(10-11-20)14(21)16-13-5-9-19(17-13)8-4-12-2-6-15-7-3-12/h2-3,5-7,9,20H,4,8,10-11H2,1H3,(H,16,17,21). The minimum atomic E-state index is -0.288. The molecule has 0 unspecified atom stereocenters. The number of hydrogen-bond acceptors (Lipinski definition) is 4. The fourth-order valence-electron chi connectivity index (χ4n) is 1.80. The Labute approximate surface area is 123 Å². The lowest BCUT2D eigenvalue weighted by molar-refractivity contribution is 0.202. The number of likely N-dealkylation sites (N-methyl/N-ethyl adjacent to an activating group) is 1. The van der Waals surface area contributed by atoms with E-state index >= 15 is 0 Å². The Morgan fingerprint density at radius 1 is 1.38 bits per heavy atom. The Bertz CT molecular complexity index is 570. The fraction of sp³-hybridized carbons (Fsp3) is 0.357. The van der Waals surface area contributed by atoms with Gasteiger partial charge in [0.15, 0.2) is 5.82 Å². The number of aliphatic hydroxyl groups excluding tert-OH is 1. The van der Waals surface area contributed by atoms with Crippen LogP contribution >= 0.6 is 0 Å². The van der Waals surface area contributed by atoms with Crippen LogP contribution in [0.3, 0.4) is 0 Å². The summed E-state index contributed by atoms with van der Waals surface area (Å²) in [6, 6.07) is 5.40. The van der Waals surface area contributed by atoms with Crippen molar-refractivity contribution in [3.05, 3.63) is 42.4 Å². The van der Waals surface area contributed by atoms with E-state index in [1.807, 2.05) is 18.3 Å². The monoisotopic (exact) mass is 289 g/mol. The zero-order valence-electron chi connectivity index (χ0n) is 11.9. The van der Waals surface area contributed by atoms with Gasteiger partial charge in [-0.2, -0.15) is 5.10 Å². The van der Waals surface area contributed by atoms with Crippen LogP contribution in [-0.2, 0) is 13.0 Å². The zero-order valence-corrected chi connectivity index (χ0v) is 11.9. The molecule has 0 atom stereocenters. The maximum absolute atomic E-state index is 11.7. The molecular formula is C14H19N5O2. The van der Waals surface area contributed by atoms with Crippen LogP contribution in [0.2, 0.25) is 0 Å². The molecule has 0 saturated heterocycles. The molecule has 0 aromatic carbocycles. The smallest absolute Gasteiger partial charge is 0.322 e. The molecule has 2 N–H and O–H groups in total. The van der Waals surface area contributed by atoms with Crippen LogP contribution in [-0.4, -0.2) is 51.0 Å². The second-order valence-corrected chi connectivity index (χ2v) is 4.64. The van der Waals surface area contributed by atoms with Crippen molar-refractivity contribution in [3.8, 4) is 0 Å². The summed E-state index contributed by atoms with van der Waals surface area (Å²) in [4.78, 5) is 17.1. The van der Waals surface area contributed by atoms with Gasteiger partial charge >= 0.3 is 6.03 Å². The number of hydrogen-bond donors (Lipinski definition) is 2. The molecule has 2 rings (SSSR count). The second-order valence-electron chi connectivity index (χ2n) is 4.64. The maximum Gasteiger partial charge on any atom is 0.322 e. The van der Waals surface area contributed by atoms with Crippen molar-refractivity contribution in [1.82, 2.24) is 19.7 Å². The van der Waals surface area contributed by atoms with Gasteiger partial charge in [-0.3, -0.25) is 15.0 Å². The van der Waals surface area contributed by atoms with E-state index in [4.69, 9.17) is 5.11 Å². The van der Waals surface area contributed by atoms with Crippen molar-refractivity contribution < 1.29 is 9.90 Å². The lowest BCUT2D eigenvalue weighted by Gasteiger charge is -2.15. The Hall–Kier alpha value is -2.41. The highest BCUT2D eigenvalue weighted by atomic mass is 16.3. The SMILES string of the molecule is CN(CCO)C(=O)Nc1ccn(CCc2ccncc2)n1. The number of anilines is 1. The van der Waals surface area contributed by atoms with E-state index in [9.17, 15) is 4.79 Å². The van der Waals surface area contributed by atoms with E-state index in [0.717, 1.165) is 13.0 Å². The highest BCUT2D eigenvalue weighted by Gasteiger charge is 2.09. The highest BCUT2D eigenvalue weighted by molar-refractivity contribution is 5.87. The van der Waals surface area contributed by atoms with Gasteiger partial charge in [-0.25, -0.2) is 4.79 Å². The fourth-order valence-corrected chi connectivity index (χ4v) is 1.80. The van der Waals surface area contributed by atoms with Crippen LogP contribution in [0.5, 0.6) is 0 Å². The average Bonchev–Trinajstić information content (AvgIpc) is 2.94. The third-order valence-electron chi connectivity index (χ3n) is 3.04. The van der Waals surface area contributed by atoms with Crippen molar-refractivity contribution in [1.29, 1.82) is 0 Å². The molecular weight excluding hydrogens is 270 g/mol. The maximum atomic E-state index is 11.7. The number of aliphatic hydroxyl groups is 1. The Kier molecular flexibility index (Phi) is 5.28. The first-order valence-corrected chi connectivity index (χ1v) is 6.74. The van der Waals surface area contributed by atoms with Gasteiger partial charge in [0.1, 0.15) is 0 Å². The Morgan fingerprint density at radius 3 is 2.86 bits per heavy atom. The molecule has 0 aliphatic carbocycles. The van der Waals surface area contributed by atoms with Crippen LogP contribution in [0.25, 0.3) is 0 Å². The number of aromatic nitrogens is 3. The lowest BCUT2D eigenvalue weighted by Crippen LogP contribution is -2.33. The topological polar surface area (TPSA) is 83.3 Å². The molecule has 0 bridgehead atoms. The first-order chi connectivity index (χ1) is 10.2. The van der Waals surface area contributed by atoms with Gasteiger partial charge < -0.3 is 10.0 Å². The molecule has 0 radical (unpaired) electrons. The zero-order chi connectivity index (χ0) is 15.1. The van der Waals surface area contributed by atoms with Crippen molar-refractivity contribution in [2.75, 3.05) is 25.5 Å². The number of amides is 2. The number of nitrogens with zero attached hydrogens (tertiary/aromatic N) is 4. The number of nitrogens with one attached hydrogen (secondary N) is 1. The molecule has 0 aliphatic heterocycles. The van der Waals surface area contributed by atoms with E-state index in [0.29, 0.717) is 5.82 Å². The van der Waals surface area contributed by atoms with Crippen molar-refractivity contribution in [3.63, 3.8) is 0 Å². The Balaban J connectivity index is 1.85. The minimum Gasteiger partial charge on any atom is -0.395 e. The normalized spacial score (nSPS) is 10.4.